The highest BCUT2D eigenvalue weighted by Crippen LogP contribution is 2.30. The summed E-state index contributed by atoms with van der Waals surface area (Å²) in [6.45, 7) is 7.28. The second kappa shape index (κ2) is 12.6. The summed E-state index contributed by atoms with van der Waals surface area (Å²) in [6, 6.07) is 1.11. The molecule has 0 radical (unpaired) electrons. The van der Waals surface area contributed by atoms with E-state index in [2.05, 4.69) is 10.6 Å². The predicted molar refractivity (Wildman–Crippen MR) is 118 cm³/mol. The first-order valence-corrected chi connectivity index (χ1v) is 11.7. The summed E-state index contributed by atoms with van der Waals surface area (Å²) in [5.41, 5.74) is -0.652. The van der Waals surface area contributed by atoms with Gasteiger partial charge in [-0.25, -0.2) is 4.79 Å². The molecule has 2 fully saturated rings. The zero-order chi connectivity index (χ0) is 23.6. The number of alkyl carbamates (subject to hydrolysis) is 1. The van der Waals surface area contributed by atoms with E-state index in [1.54, 1.807) is 25.7 Å². The van der Waals surface area contributed by atoms with Crippen LogP contribution in [0.3, 0.4) is 0 Å². The number of rotatable bonds is 8. The Bertz CT molecular complexity index is 673. The molecular formula is C23H38N4O5. The van der Waals surface area contributed by atoms with Gasteiger partial charge in [-0.2, -0.15) is 5.26 Å². The van der Waals surface area contributed by atoms with Crippen molar-refractivity contribution in [3.8, 4) is 6.07 Å². The SMILES string of the molecule is CC(C)(C)OC(=O)NC[C@@H](C#N)NC(=O)[C@@H](CC(=O)N1CCOCC1)CC1CCCCC1. The molecule has 2 aliphatic rings. The van der Waals surface area contributed by atoms with Crippen molar-refractivity contribution in [2.24, 2.45) is 11.8 Å². The summed E-state index contributed by atoms with van der Waals surface area (Å²) in [4.78, 5) is 39.5. The van der Waals surface area contributed by atoms with E-state index in [0.717, 1.165) is 25.7 Å². The molecule has 0 unspecified atom stereocenters. The molecule has 2 N–H and O–H groups in total. The van der Waals surface area contributed by atoms with Crippen LogP contribution in [0.4, 0.5) is 4.79 Å². The Morgan fingerprint density at radius 3 is 2.41 bits per heavy atom. The van der Waals surface area contributed by atoms with Crippen molar-refractivity contribution >= 4 is 17.9 Å². The first kappa shape index (κ1) is 25.9. The molecule has 9 nitrogen and oxygen atoms in total. The van der Waals surface area contributed by atoms with Gasteiger partial charge in [-0.3, -0.25) is 9.59 Å². The van der Waals surface area contributed by atoms with Gasteiger partial charge >= 0.3 is 6.09 Å². The van der Waals surface area contributed by atoms with Gasteiger partial charge in [-0.1, -0.05) is 32.1 Å². The van der Waals surface area contributed by atoms with Crippen LogP contribution >= 0.6 is 0 Å². The molecule has 0 spiro atoms. The van der Waals surface area contributed by atoms with E-state index in [1.807, 2.05) is 6.07 Å². The van der Waals surface area contributed by atoms with Crippen LogP contribution in [-0.2, 0) is 19.1 Å². The van der Waals surface area contributed by atoms with Gasteiger partial charge in [-0.15, -0.1) is 0 Å². The summed E-state index contributed by atoms with van der Waals surface area (Å²) in [6.07, 6.45) is 5.77. The summed E-state index contributed by atoms with van der Waals surface area (Å²) in [7, 11) is 0. The fourth-order valence-electron chi connectivity index (χ4n) is 4.18. The standard InChI is InChI=1S/C23H38N4O5/c1-23(2,3)32-22(30)25-16-19(15-24)26-21(29)18(13-17-7-5-4-6-8-17)14-20(28)27-9-11-31-12-10-27/h17-19H,4-14,16H2,1-3H3,(H,25,30)(H,26,29)/t18-,19-/m1/s1. The van der Waals surface area contributed by atoms with Crippen molar-refractivity contribution < 1.29 is 23.9 Å². The van der Waals surface area contributed by atoms with Crippen LogP contribution in [0.1, 0.15) is 65.7 Å². The van der Waals surface area contributed by atoms with Crippen molar-refractivity contribution in [3.63, 3.8) is 0 Å². The van der Waals surface area contributed by atoms with Crippen molar-refractivity contribution in [1.29, 1.82) is 5.26 Å². The van der Waals surface area contributed by atoms with Gasteiger partial charge in [0.2, 0.25) is 11.8 Å². The maximum atomic E-state index is 13.1. The number of nitrogens with one attached hydrogen (secondary N) is 2. The van der Waals surface area contributed by atoms with Crippen molar-refractivity contribution in [1.82, 2.24) is 15.5 Å². The maximum absolute atomic E-state index is 13.1. The Morgan fingerprint density at radius 2 is 1.81 bits per heavy atom. The van der Waals surface area contributed by atoms with Crippen LogP contribution in [-0.4, -0.2) is 67.3 Å². The molecule has 1 saturated heterocycles. The largest absolute Gasteiger partial charge is 0.444 e. The quantitative estimate of drug-likeness (QED) is 0.586. The highest BCUT2D eigenvalue weighted by Gasteiger charge is 2.30. The molecule has 3 amide bonds. The van der Waals surface area contributed by atoms with E-state index >= 15 is 0 Å². The maximum Gasteiger partial charge on any atom is 0.407 e. The van der Waals surface area contributed by atoms with E-state index in [1.165, 1.54) is 6.42 Å². The second-order valence-corrected chi connectivity index (χ2v) is 9.71. The molecule has 32 heavy (non-hydrogen) atoms. The number of carbonyl (C=O) groups excluding carboxylic acids is 3. The molecule has 0 aromatic heterocycles. The minimum Gasteiger partial charge on any atom is -0.444 e. The molecule has 0 bridgehead atoms. The number of hydrogen-bond donors (Lipinski definition) is 2. The number of nitriles is 1. The number of amides is 3. The zero-order valence-electron chi connectivity index (χ0n) is 19.7. The average molecular weight is 451 g/mol. The Labute approximate surface area is 191 Å². The zero-order valence-corrected chi connectivity index (χ0v) is 19.7. The molecule has 1 aliphatic carbocycles. The smallest absolute Gasteiger partial charge is 0.407 e. The molecule has 0 aromatic carbocycles. The molecule has 1 heterocycles. The van der Waals surface area contributed by atoms with Crippen LogP contribution in [0.5, 0.6) is 0 Å². The number of morpholine rings is 1. The lowest BCUT2D eigenvalue weighted by atomic mass is 9.81. The first-order valence-electron chi connectivity index (χ1n) is 11.7. The fourth-order valence-corrected chi connectivity index (χ4v) is 4.18. The third kappa shape index (κ3) is 9.43. The van der Waals surface area contributed by atoms with Gasteiger partial charge < -0.3 is 25.0 Å². The average Bonchev–Trinajstić information content (AvgIpc) is 2.76. The number of hydrogen-bond acceptors (Lipinski definition) is 6. The Morgan fingerprint density at radius 1 is 1.16 bits per heavy atom. The topological polar surface area (TPSA) is 121 Å². The number of carbonyl (C=O) groups is 3. The van der Waals surface area contributed by atoms with E-state index in [0.29, 0.717) is 38.6 Å². The second-order valence-electron chi connectivity index (χ2n) is 9.71. The monoisotopic (exact) mass is 450 g/mol. The van der Waals surface area contributed by atoms with Crippen LogP contribution in [0.25, 0.3) is 0 Å². The summed E-state index contributed by atoms with van der Waals surface area (Å²) in [5, 5.41) is 14.7. The number of ether oxygens (including phenoxy) is 2. The van der Waals surface area contributed by atoms with Crippen molar-refractivity contribution in [3.05, 3.63) is 0 Å². The van der Waals surface area contributed by atoms with Gasteiger partial charge in [0.15, 0.2) is 0 Å². The van der Waals surface area contributed by atoms with Gasteiger partial charge in [-0.05, 0) is 33.1 Å². The lowest BCUT2D eigenvalue weighted by molar-refractivity contribution is -0.140. The Kier molecular flexibility index (Phi) is 10.2. The minimum atomic E-state index is -0.901. The van der Waals surface area contributed by atoms with E-state index in [4.69, 9.17) is 9.47 Å². The Hall–Kier alpha value is -2.34. The van der Waals surface area contributed by atoms with Crippen molar-refractivity contribution in [2.75, 3.05) is 32.8 Å². The van der Waals surface area contributed by atoms with Gasteiger partial charge in [0.1, 0.15) is 11.6 Å². The molecule has 9 heteroatoms. The Balaban J connectivity index is 1.95. The lowest BCUT2D eigenvalue weighted by Crippen LogP contribution is -2.47. The molecule has 2 rings (SSSR count). The molecular weight excluding hydrogens is 412 g/mol. The minimum absolute atomic E-state index is 0.0513. The van der Waals surface area contributed by atoms with Gasteiger partial charge in [0, 0.05) is 25.4 Å². The van der Waals surface area contributed by atoms with Crippen LogP contribution in [0, 0.1) is 23.2 Å². The van der Waals surface area contributed by atoms with Crippen LogP contribution in [0.2, 0.25) is 0 Å². The third-order valence-corrected chi connectivity index (χ3v) is 5.82. The van der Waals surface area contributed by atoms with E-state index in [9.17, 15) is 19.6 Å². The molecule has 1 aliphatic heterocycles. The van der Waals surface area contributed by atoms with Crippen LogP contribution in [0.15, 0.2) is 0 Å². The van der Waals surface area contributed by atoms with E-state index < -0.39 is 23.7 Å². The molecule has 180 valence electrons. The lowest BCUT2D eigenvalue weighted by Gasteiger charge is -2.30. The molecule has 2 atom stereocenters. The summed E-state index contributed by atoms with van der Waals surface area (Å²) >= 11 is 0. The molecule has 1 saturated carbocycles. The van der Waals surface area contributed by atoms with Gasteiger partial charge in [0.25, 0.3) is 0 Å². The predicted octanol–water partition coefficient (Wildman–Crippen LogP) is 2.35. The van der Waals surface area contributed by atoms with E-state index in [-0.39, 0.29) is 24.8 Å². The summed E-state index contributed by atoms with van der Waals surface area (Å²) < 4.78 is 10.5. The van der Waals surface area contributed by atoms with Crippen molar-refractivity contribution in [2.45, 2.75) is 77.4 Å². The fraction of sp³-hybridized carbons (Fsp3) is 0.826. The highest BCUT2D eigenvalue weighted by atomic mass is 16.6. The first-order chi connectivity index (χ1) is 15.2. The highest BCUT2D eigenvalue weighted by molar-refractivity contribution is 5.86. The van der Waals surface area contributed by atoms with Gasteiger partial charge in [0.05, 0.1) is 25.8 Å². The third-order valence-electron chi connectivity index (χ3n) is 5.82. The summed E-state index contributed by atoms with van der Waals surface area (Å²) in [5.74, 6) is -0.442. The molecule has 0 aromatic rings. The van der Waals surface area contributed by atoms with Crippen LogP contribution < -0.4 is 10.6 Å². The normalized spacial score (nSPS) is 19.4. The number of nitrogens with zero attached hydrogens (tertiary/aromatic N) is 2.